The number of rotatable bonds is 4. The third-order valence-corrected chi connectivity index (χ3v) is 6.21. The molecule has 102 valence electrons. The Hall–Kier alpha value is -0.410. The number of allylic oxidation sites excluding steroid dienone is 1. The molecule has 4 rings (SSSR count). The Kier molecular flexibility index (Phi) is 3.69. The maximum atomic E-state index is 3.45. The molecule has 0 spiro atoms. The summed E-state index contributed by atoms with van der Waals surface area (Å²) in [6.07, 6.45) is 5.26. The topological polar surface area (TPSA) is 12.0 Å². The zero-order chi connectivity index (χ0) is 13.5. The fourth-order valence-electron chi connectivity index (χ4n) is 3.19. The van der Waals surface area contributed by atoms with E-state index in [1.54, 1.807) is 5.57 Å². The lowest BCUT2D eigenvalue weighted by Crippen LogP contribution is -2.46. The van der Waals surface area contributed by atoms with Crippen LogP contribution in [0.5, 0.6) is 0 Å². The molecule has 3 aliphatic rings. The maximum absolute atomic E-state index is 3.45. The lowest BCUT2D eigenvalue weighted by molar-refractivity contribution is -0.000462. The van der Waals surface area contributed by atoms with Crippen LogP contribution in [0.4, 0.5) is 5.69 Å². The van der Waals surface area contributed by atoms with Gasteiger partial charge in [-0.1, -0.05) is 41.4 Å². The molecule has 2 unspecified atom stereocenters. The van der Waals surface area contributed by atoms with Gasteiger partial charge in [0.05, 0.1) is 0 Å². The van der Waals surface area contributed by atoms with Crippen LogP contribution in [-0.2, 0) is 0 Å². The number of nitrogens with one attached hydrogen (secondary N) is 1. The van der Waals surface area contributed by atoms with Gasteiger partial charge in [0.15, 0.2) is 0 Å². The highest BCUT2D eigenvalue weighted by Gasteiger charge is 2.49. The van der Waals surface area contributed by atoms with Gasteiger partial charge in [0.2, 0.25) is 0 Å². The van der Waals surface area contributed by atoms with Gasteiger partial charge in [0.1, 0.15) is 0 Å². The molecule has 2 bridgehead atoms. The lowest BCUT2D eigenvalue weighted by Gasteiger charge is -2.55. The number of hydrogen-bond donors (Lipinski definition) is 1. The zero-order valence-electron chi connectivity index (χ0n) is 11.4. The molecular formula is C16H20BrNS. The van der Waals surface area contributed by atoms with Crippen molar-refractivity contribution >= 4 is 33.6 Å². The van der Waals surface area contributed by atoms with Gasteiger partial charge >= 0.3 is 0 Å². The molecule has 0 aliphatic heterocycles. The highest BCUT2D eigenvalue weighted by molar-refractivity contribution is 9.10. The van der Waals surface area contributed by atoms with E-state index in [0.29, 0.717) is 5.41 Å². The molecule has 0 aromatic heterocycles. The second-order valence-corrected chi connectivity index (χ2v) is 7.98. The molecule has 0 heterocycles. The highest BCUT2D eigenvalue weighted by Crippen LogP contribution is 2.58. The maximum Gasteiger partial charge on any atom is 0.0440 e. The predicted octanol–water partition coefficient (Wildman–Crippen LogP) is 5.50. The predicted molar refractivity (Wildman–Crippen MR) is 88.3 cm³/mol. The van der Waals surface area contributed by atoms with Crippen molar-refractivity contribution in [2.75, 3.05) is 10.5 Å². The van der Waals surface area contributed by atoms with Gasteiger partial charge in [-0.25, -0.2) is 0 Å². The molecule has 3 heteroatoms. The number of hydrogen-bond acceptors (Lipinski definition) is 2. The van der Waals surface area contributed by atoms with Gasteiger partial charge in [-0.15, -0.1) is 0 Å². The molecule has 19 heavy (non-hydrogen) atoms. The second kappa shape index (κ2) is 5.17. The number of anilines is 1. The van der Waals surface area contributed by atoms with Crippen LogP contribution in [0.1, 0.15) is 26.7 Å². The van der Waals surface area contributed by atoms with Crippen molar-refractivity contribution in [1.29, 1.82) is 0 Å². The molecule has 1 aromatic rings. The first-order chi connectivity index (χ1) is 9.05. The standard InChI is InChI=1S/C16H20BrNS/c1-16(2)12-7-11(8-13(16)9-12)10-19-18-15-5-3-14(17)4-6-15/h3-7,12-13,18H,8-10H2,1-2H3. The molecule has 1 saturated carbocycles. The van der Waals surface area contributed by atoms with Crippen molar-refractivity contribution in [3.05, 3.63) is 40.4 Å². The van der Waals surface area contributed by atoms with Crippen LogP contribution in [0.2, 0.25) is 0 Å². The summed E-state index contributed by atoms with van der Waals surface area (Å²) < 4.78 is 4.55. The molecule has 1 fully saturated rings. The fourth-order valence-corrected chi connectivity index (χ4v) is 4.23. The Labute approximate surface area is 128 Å². The summed E-state index contributed by atoms with van der Waals surface area (Å²) >= 11 is 5.26. The Balaban J connectivity index is 1.50. The number of fused-ring (bicyclic) bond motifs is 1. The van der Waals surface area contributed by atoms with Crippen LogP contribution in [0.3, 0.4) is 0 Å². The number of halogens is 1. The first kappa shape index (κ1) is 13.6. The molecule has 3 aliphatic carbocycles. The van der Waals surface area contributed by atoms with Gasteiger partial charge < -0.3 is 4.72 Å². The smallest absolute Gasteiger partial charge is 0.0440 e. The van der Waals surface area contributed by atoms with Crippen LogP contribution >= 0.6 is 27.9 Å². The summed E-state index contributed by atoms with van der Waals surface area (Å²) in [5, 5.41) is 0. The average molecular weight is 338 g/mol. The molecule has 1 nitrogen and oxygen atoms in total. The van der Waals surface area contributed by atoms with Gasteiger partial charge in [-0.3, -0.25) is 0 Å². The van der Waals surface area contributed by atoms with Crippen LogP contribution in [0.25, 0.3) is 0 Å². The molecule has 2 atom stereocenters. The van der Waals surface area contributed by atoms with Crippen LogP contribution in [-0.4, -0.2) is 5.75 Å². The zero-order valence-corrected chi connectivity index (χ0v) is 13.9. The largest absolute Gasteiger partial charge is 0.329 e. The summed E-state index contributed by atoms with van der Waals surface area (Å²) in [5.74, 6) is 2.86. The van der Waals surface area contributed by atoms with Gasteiger partial charge in [-0.2, -0.15) is 0 Å². The normalized spacial score (nSPS) is 27.4. The molecule has 0 saturated heterocycles. The van der Waals surface area contributed by atoms with Crippen molar-refractivity contribution in [2.24, 2.45) is 17.3 Å². The Bertz CT molecular complexity index is 492. The third-order valence-electron chi connectivity index (χ3n) is 4.78. The van der Waals surface area contributed by atoms with E-state index in [2.05, 4.69) is 64.8 Å². The minimum Gasteiger partial charge on any atom is -0.329 e. The average Bonchev–Trinajstić information content (AvgIpc) is 2.41. The SMILES string of the molecule is CC1(C)C2C=C(CSNc3ccc(Br)cc3)CC1C2. The molecular weight excluding hydrogens is 318 g/mol. The minimum absolute atomic E-state index is 0.563. The summed E-state index contributed by atoms with van der Waals surface area (Å²) in [5.41, 5.74) is 3.37. The summed E-state index contributed by atoms with van der Waals surface area (Å²) in [6, 6.07) is 8.35. The van der Waals surface area contributed by atoms with Crippen molar-refractivity contribution in [2.45, 2.75) is 26.7 Å². The first-order valence-electron chi connectivity index (χ1n) is 6.88. The van der Waals surface area contributed by atoms with Crippen molar-refractivity contribution in [3.8, 4) is 0 Å². The van der Waals surface area contributed by atoms with Gasteiger partial charge in [0, 0.05) is 15.9 Å². The third kappa shape index (κ3) is 2.73. The highest BCUT2D eigenvalue weighted by atomic mass is 79.9. The summed E-state index contributed by atoms with van der Waals surface area (Å²) in [6.45, 7) is 4.85. The van der Waals surface area contributed by atoms with E-state index in [1.807, 2.05) is 11.9 Å². The van der Waals surface area contributed by atoms with E-state index >= 15 is 0 Å². The van der Waals surface area contributed by atoms with Crippen LogP contribution < -0.4 is 4.72 Å². The van der Waals surface area contributed by atoms with Crippen molar-refractivity contribution in [1.82, 2.24) is 0 Å². The van der Waals surface area contributed by atoms with Crippen LogP contribution in [0, 0.1) is 17.3 Å². The van der Waals surface area contributed by atoms with E-state index < -0.39 is 0 Å². The quantitative estimate of drug-likeness (QED) is 0.574. The molecule has 1 aromatic carbocycles. The second-order valence-electron chi connectivity index (χ2n) is 6.29. The summed E-state index contributed by atoms with van der Waals surface area (Å²) in [4.78, 5) is 0. The molecule has 0 radical (unpaired) electrons. The first-order valence-corrected chi connectivity index (χ1v) is 8.66. The van der Waals surface area contributed by atoms with E-state index in [4.69, 9.17) is 0 Å². The lowest BCUT2D eigenvalue weighted by atomic mass is 9.50. The minimum atomic E-state index is 0.563. The number of benzene rings is 1. The Morgan fingerprint density at radius 2 is 2.05 bits per heavy atom. The van der Waals surface area contributed by atoms with Crippen molar-refractivity contribution in [3.63, 3.8) is 0 Å². The van der Waals surface area contributed by atoms with Crippen LogP contribution in [0.15, 0.2) is 40.4 Å². The Morgan fingerprint density at radius 1 is 1.32 bits per heavy atom. The van der Waals surface area contributed by atoms with Gasteiger partial charge in [0.25, 0.3) is 0 Å². The monoisotopic (exact) mass is 337 g/mol. The van der Waals surface area contributed by atoms with E-state index in [0.717, 1.165) is 22.1 Å². The fraction of sp³-hybridized carbons (Fsp3) is 0.500. The van der Waals surface area contributed by atoms with E-state index in [1.165, 1.54) is 18.5 Å². The molecule has 0 amide bonds. The Morgan fingerprint density at radius 3 is 2.63 bits per heavy atom. The van der Waals surface area contributed by atoms with Crippen molar-refractivity contribution < 1.29 is 0 Å². The molecule has 1 N–H and O–H groups in total. The van der Waals surface area contributed by atoms with Gasteiger partial charge in [-0.05, 0) is 66.3 Å². The summed E-state index contributed by atoms with van der Waals surface area (Å²) in [7, 11) is 0. The van der Waals surface area contributed by atoms with E-state index in [-0.39, 0.29) is 0 Å². The van der Waals surface area contributed by atoms with E-state index in [9.17, 15) is 0 Å².